The van der Waals surface area contributed by atoms with Gasteiger partial charge in [-0.15, -0.1) is 11.3 Å². The van der Waals surface area contributed by atoms with Crippen LogP contribution in [0.3, 0.4) is 0 Å². The summed E-state index contributed by atoms with van der Waals surface area (Å²) in [6, 6.07) is 13.9. The van der Waals surface area contributed by atoms with E-state index in [1.54, 1.807) is 23.0 Å². The molecule has 104 valence electrons. The number of hydrogen-bond acceptors (Lipinski definition) is 3. The van der Waals surface area contributed by atoms with Gasteiger partial charge >= 0.3 is 0 Å². The highest BCUT2D eigenvalue weighted by molar-refractivity contribution is 7.17. The van der Waals surface area contributed by atoms with E-state index in [1.807, 2.05) is 30.5 Å². The fourth-order valence-electron chi connectivity index (χ4n) is 2.66. The second-order valence-electron chi connectivity index (χ2n) is 4.89. The first-order valence-electron chi connectivity index (χ1n) is 6.62. The number of aromatic hydroxyl groups is 1. The summed E-state index contributed by atoms with van der Waals surface area (Å²) in [5.74, 6) is 0.999. The molecule has 4 heteroatoms. The number of benzene rings is 2. The summed E-state index contributed by atoms with van der Waals surface area (Å²) in [6.45, 7) is 0. The molecule has 0 radical (unpaired) electrons. The first-order valence-corrected chi connectivity index (χ1v) is 7.50. The number of hydrogen-bond donors (Lipinski definition) is 1. The highest BCUT2D eigenvalue weighted by atomic mass is 32.1. The number of methoxy groups -OCH3 is 1. The standard InChI is InChI=1S/C17H13NO2S/c1-20-15-4-2-3-13-14(15)10-18(17(13)19)12-6-5-11-7-8-21-16(11)9-12/h2-10,19H,1H3. The van der Waals surface area contributed by atoms with Crippen LogP contribution in [0.4, 0.5) is 0 Å². The third-order valence-electron chi connectivity index (χ3n) is 3.73. The van der Waals surface area contributed by atoms with E-state index in [-0.39, 0.29) is 5.88 Å². The molecule has 21 heavy (non-hydrogen) atoms. The molecule has 0 amide bonds. The van der Waals surface area contributed by atoms with Crippen LogP contribution in [0.25, 0.3) is 26.5 Å². The van der Waals surface area contributed by atoms with Crippen molar-refractivity contribution in [2.24, 2.45) is 0 Å². The van der Waals surface area contributed by atoms with Crippen LogP contribution < -0.4 is 4.74 Å². The topological polar surface area (TPSA) is 34.4 Å². The highest BCUT2D eigenvalue weighted by Gasteiger charge is 2.13. The summed E-state index contributed by atoms with van der Waals surface area (Å²) in [4.78, 5) is 0. The van der Waals surface area contributed by atoms with Crippen LogP contribution in [0.5, 0.6) is 11.6 Å². The molecule has 1 N–H and O–H groups in total. The molecule has 0 bridgehead atoms. The Balaban J connectivity index is 1.99. The van der Waals surface area contributed by atoms with E-state index in [1.165, 1.54) is 10.1 Å². The lowest BCUT2D eigenvalue weighted by Gasteiger charge is -2.04. The van der Waals surface area contributed by atoms with Crippen LogP contribution in [0.15, 0.2) is 54.0 Å². The van der Waals surface area contributed by atoms with Crippen molar-refractivity contribution in [1.29, 1.82) is 0 Å². The normalized spacial score (nSPS) is 11.3. The maximum Gasteiger partial charge on any atom is 0.203 e. The van der Waals surface area contributed by atoms with Gasteiger partial charge in [0.2, 0.25) is 5.88 Å². The van der Waals surface area contributed by atoms with E-state index in [0.717, 1.165) is 22.2 Å². The molecule has 0 aliphatic heterocycles. The molecule has 0 spiro atoms. The summed E-state index contributed by atoms with van der Waals surface area (Å²) in [7, 11) is 1.64. The van der Waals surface area contributed by atoms with Crippen molar-refractivity contribution in [3.05, 3.63) is 54.0 Å². The fraction of sp³-hybridized carbons (Fsp3) is 0.0588. The molecular weight excluding hydrogens is 282 g/mol. The summed E-state index contributed by atoms with van der Waals surface area (Å²) in [5, 5.41) is 15.5. The third kappa shape index (κ3) is 1.80. The van der Waals surface area contributed by atoms with Crippen LogP contribution in [0.1, 0.15) is 0 Å². The minimum atomic E-state index is 0.236. The fourth-order valence-corrected chi connectivity index (χ4v) is 3.48. The summed E-state index contributed by atoms with van der Waals surface area (Å²) in [5.41, 5.74) is 0.945. The molecule has 0 unspecified atom stereocenters. The van der Waals surface area contributed by atoms with Gasteiger partial charge in [0.05, 0.1) is 7.11 Å². The van der Waals surface area contributed by atoms with Gasteiger partial charge < -0.3 is 9.84 Å². The Morgan fingerprint density at radius 1 is 1.10 bits per heavy atom. The number of ether oxygens (including phenoxy) is 1. The number of rotatable bonds is 2. The average Bonchev–Trinajstić information content (AvgIpc) is 3.11. The molecule has 0 aliphatic carbocycles. The number of aromatic nitrogens is 1. The Morgan fingerprint density at radius 2 is 2.00 bits per heavy atom. The van der Waals surface area contributed by atoms with Gasteiger partial charge in [0, 0.05) is 27.4 Å². The minimum absolute atomic E-state index is 0.236. The Hall–Kier alpha value is -2.46. The van der Waals surface area contributed by atoms with Crippen molar-refractivity contribution < 1.29 is 9.84 Å². The van der Waals surface area contributed by atoms with Crippen molar-refractivity contribution in [3.63, 3.8) is 0 Å². The van der Waals surface area contributed by atoms with Gasteiger partial charge in [0.15, 0.2) is 0 Å². The van der Waals surface area contributed by atoms with Crippen molar-refractivity contribution in [3.8, 4) is 17.3 Å². The van der Waals surface area contributed by atoms with Crippen LogP contribution in [-0.4, -0.2) is 16.8 Å². The SMILES string of the molecule is COc1cccc2c(O)n(-c3ccc4ccsc4c3)cc12. The molecule has 3 nitrogen and oxygen atoms in total. The summed E-state index contributed by atoms with van der Waals surface area (Å²) < 4.78 is 8.37. The Morgan fingerprint density at radius 3 is 2.86 bits per heavy atom. The lowest BCUT2D eigenvalue weighted by Crippen LogP contribution is -1.90. The molecule has 4 aromatic rings. The Bertz CT molecular complexity index is 952. The molecular formula is C17H13NO2S. The average molecular weight is 295 g/mol. The predicted octanol–water partition coefficient (Wildman–Crippen LogP) is 4.56. The lowest BCUT2D eigenvalue weighted by molar-refractivity contribution is 0.420. The quantitative estimate of drug-likeness (QED) is 0.588. The Labute approximate surface area is 125 Å². The predicted molar refractivity (Wildman–Crippen MR) is 86.9 cm³/mol. The second-order valence-corrected chi connectivity index (χ2v) is 5.83. The molecule has 0 saturated heterocycles. The van der Waals surface area contributed by atoms with E-state index < -0.39 is 0 Å². The number of thiophene rings is 1. The molecule has 0 aliphatic rings. The van der Waals surface area contributed by atoms with E-state index >= 15 is 0 Å². The van der Waals surface area contributed by atoms with Gasteiger partial charge in [-0.3, -0.25) is 4.57 Å². The highest BCUT2D eigenvalue weighted by Crippen LogP contribution is 2.36. The molecule has 0 saturated carbocycles. The smallest absolute Gasteiger partial charge is 0.203 e. The van der Waals surface area contributed by atoms with Gasteiger partial charge in [-0.2, -0.15) is 0 Å². The van der Waals surface area contributed by atoms with E-state index in [0.29, 0.717) is 0 Å². The zero-order valence-electron chi connectivity index (χ0n) is 11.4. The van der Waals surface area contributed by atoms with Crippen molar-refractivity contribution >= 4 is 32.2 Å². The first-order chi connectivity index (χ1) is 10.3. The van der Waals surface area contributed by atoms with E-state index in [2.05, 4.69) is 23.6 Å². The maximum atomic E-state index is 10.5. The van der Waals surface area contributed by atoms with E-state index in [4.69, 9.17) is 4.74 Å². The molecule has 0 atom stereocenters. The number of fused-ring (bicyclic) bond motifs is 2. The molecule has 2 aromatic heterocycles. The van der Waals surface area contributed by atoms with Crippen molar-refractivity contribution in [2.75, 3.05) is 7.11 Å². The van der Waals surface area contributed by atoms with Gasteiger partial charge in [-0.25, -0.2) is 0 Å². The second kappa shape index (κ2) is 4.53. The van der Waals surface area contributed by atoms with Gasteiger partial charge in [0.1, 0.15) is 5.75 Å². The Kier molecular flexibility index (Phi) is 2.65. The van der Waals surface area contributed by atoms with Crippen LogP contribution >= 0.6 is 11.3 Å². The maximum absolute atomic E-state index is 10.5. The van der Waals surface area contributed by atoms with Crippen LogP contribution in [-0.2, 0) is 0 Å². The monoisotopic (exact) mass is 295 g/mol. The summed E-state index contributed by atoms with van der Waals surface area (Å²) in [6.07, 6.45) is 1.91. The van der Waals surface area contributed by atoms with E-state index in [9.17, 15) is 5.11 Å². The third-order valence-corrected chi connectivity index (χ3v) is 4.61. The van der Waals surface area contributed by atoms with Crippen LogP contribution in [0.2, 0.25) is 0 Å². The molecule has 2 aromatic carbocycles. The zero-order valence-corrected chi connectivity index (χ0v) is 12.2. The zero-order chi connectivity index (χ0) is 14.4. The lowest BCUT2D eigenvalue weighted by atomic mass is 10.2. The van der Waals surface area contributed by atoms with Gasteiger partial charge in [-0.1, -0.05) is 12.1 Å². The number of nitrogens with zero attached hydrogens (tertiary/aromatic N) is 1. The largest absolute Gasteiger partial charge is 0.496 e. The molecule has 2 heterocycles. The van der Waals surface area contributed by atoms with Crippen molar-refractivity contribution in [2.45, 2.75) is 0 Å². The van der Waals surface area contributed by atoms with Crippen molar-refractivity contribution in [1.82, 2.24) is 4.57 Å². The van der Waals surface area contributed by atoms with Crippen LogP contribution in [0, 0.1) is 0 Å². The van der Waals surface area contributed by atoms with Gasteiger partial charge in [0.25, 0.3) is 0 Å². The summed E-state index contributed by atoms with van der Waals surface area (Å²) >= 11 is 1.70. The molecule has 0 fully saturated rings. The molecule has 4 rings (SSSR count). The minimum Gasteiger partial charge on any atom is -0.496 e. The van der Waals surface area contributed by atoms with Gasteiger partial charge in [-0.05, 0) is 41.1 Å². The first kappa shape index (κ1) is 12.3.